The van der Waals surface area contributed by atoms with Crippen LogP contribution >= 0.6 is 0 Å². The van der Waals surface area contributed by atoms with Gasteiger partial charge in [-0.05, 0) is 17.9 Å². The van der Waals surface area contributed by atoms with E-state index in [1.165, 1.54) is 0 Å². The summed E-state index contributed by atoms with van der Waals surface area (Å²) >= 11 is 0. The lowest BCUT2D eigenvalue weighted by atomic mass is 9.95. The normalized spacial score (nSPS) is 20.8. The molecule has 0 amide bonds. The minimum Gasteiger partial charge on any atom is -0.211 e. The van der Waals surface area contributed by atoms with E-state index < -0.39 is 0 Å². The predicted octanol–water partition coefficient (Wildman–Crippen LogP) is 2.60. The fourth-order valence-electron chi connectivity index (χ4n) is 1.20. The molecule has 68 valence electrons. The molecule has 0 spiro atoms. The molecule has 2 nitrogen and oxygen atoms in total. The largest absolute Gasteiger partial charge is 0.240 e. The smallest absolute Gasteiger partial charge is 0.211 e. The average molecular weight is 175 g/mol. The summed E-state index contributed by atoms with van der Waals surface area (Å²) in [5.74, 6) is 0.870. The molecular formula is C11H13NO. The van der Waals surface area contributed by atoms with E-state index in [0.717, 1.165) is 0 Å². The number of hydrogen-bond donors (Lipinski definition) is 0. The summed E-state index contributed by atoms with van der Waals surface area (Å²) in [7, 11) is 0. The second-order valence-electron chi connectivity index (χ2n) is 3.36. The maximum atomic E-state index is 10.1. The van der Waals surface area contributed by atoms with Gasteiger partial charge in [0.1, 0.15) is 0 Å². The fraction of sp³-hybridized carbons (Fsp3) is 0.364. The van der Waals surface area contributed by atoms with Crippen molar-refractivity contribution in [3.05, 3.63) is 36.1 Å². The van der Waals surface area contributed by atoms with Crippen molar-refractivity contribution in [2.45, 2.75) is 13.8 Å². The zero-order valence-electron chi connectivity index (χ0n) is 7.90. The number of nitrogens with zero attached hydrogens (tertiary/aromatic N) is 1. The monoisotopic (exact) mass is 175 g/mol. The first-order chi connectivity index (χ1) is 6.24. The lowest BCUT2D eigenvalue weighted by Gasteiger charge is -2.10. The summed E-state index contributed by atoms with van der Waals surface area (Å²) in [4.78, 5) is 13.7. The molecule has 1 aliphatic carbocycles. The predicted molar refractivity (Wildman–Crippen MR) is 52.8 cm³/mol. The number of allylic oxidation sites excluding steroid dienone is 5. The van der Waals surface area contributed by atoms with Crippen LogP contribution in [0, 0.1) is 11.8 Å². The Balaban J connectivity index is 2.90. The number of aliphatic imine (C=N–C) groups is 1. The summed E-state index contributed by atoms with van der Waals surface area (Å²) in [5.41, 5.74) is 0.693. The molecule has 0 N–H and O–H groups in total. The molecule has 0 aliphatic heterocycles. The van der Waals surface area contributed by atoms with Gasteiger partial charge in [-0.2, -0.15) is 4.99 Å². The van der Waals surface area contributed by atoms with Crippen LogP contribution in [0.3, 0.4) is 0 Å². The lowest BCUT2D eigenvalue weighted by Crippen LogP contribution is -2.01. The molecule has 0 saturated heterocycles. The molecule has 1 atom stereocenters. The molecular weight excluding hydrogens is 162 g/mol. The average Bonchev–Trinajstić information content (AvgIpc) is 2.30. The van der Waals surface area contributed by atoms with E-state index in [4.69, 9.17) is 0 Å². The highest BCUT2D eigenvalue weighted by Crippen LogP contribution is 2.19. The summed E-state index contributed by atoms with van der Waals surface area (Å²) < 4.78 is 0. The minimum absolute atomic E-state index is 0.349. The van der Waals surface area contributed by atoms with Crippen LogP contribution in [0.1, 0.15) is 13.8 Å². The molecule has 1 unspecified atom stereocenters. The van der Waals surface area contributed by atoms with Gasteiger partial charge < -0.3 is 0 Å². The fourth-order valence-corrected chi connectivity index (χ4v) is 1.20. The summed E-state index contributed by atoms with van der Waals surface area (Å²) in [6.07, 6.45) is 11.3. The van der Waals surface area contributed by atoms with Crippen LogP contribution in [0.25, 0.3) is 0 Å². The Labute approximate surface area is 78.4 Å². The van der Waals surface area contributed by atoms with E-state index in [0.29, 0.717) is 17.5 Å². The van der Waals surface area contributed by atoms with E-state index >= 15 is 0 Å². The first-order valence-corrected chi connectivity index (χ1v) is 4.38. The van der Waals surface area contributed by atoms with E-state index in [1.807, 2.05) is 24.3 Å². The van der Waals surface area contributed by atoms with Crippen molar-refractivity contribution in [1.82, 2.24) is 0 Å². The molecule has 1 rings (SSSR count). The van der Waals surface area contributed by atoms with Crippen molar-refractivity contribution < 1.29 is 4.79 Å². The maximum absolute atomic E-state index is 10.1. The minimum atomic E-state index is 0.349. The SMILES string of the molecule is CC(C)C1C=CC=CC(N=C=O)=C1. The first kappa shape index (κ1) is 9.69. The van der Waals surface area contributed by atoms with Gasteiger partial charge >= 0.3 is 0 Å². The topological polar surface area (TPSA) is 29.4 Å². The third-order valence-electron chi connectivity index (χ3n) is 2.02. The third kappa shape index (κ3) is 2.85. The Bertz CT molecular complexity index is 304. The molecule has 0 fully saturated rings. The van der Waals surface area contributed by atoms with Crippen LogP contribution in [0.5, 0.6) is 0 Å². The Morgan fingerprint density at radius 2 is 2.23 bits per heavy atom. The van der Waals surface area contributed by atoms with Crippen molar-refractivity contribution in [3.8, 4) is 0 Å². The lowest BCUT2D eigenvalue weighted by molar-refractivity contribution is 0.548. The van der Waals surface area contributed by atoms with Crippen LogP contribution in [-0.2, 0) is 4.79 Å². The molecule has 0 aromatic rings. The second kappa shape index (κ2) is 4.58. The summed E-state index contributed by atoms with van der Waals surface area (Å²) in [6.45, 7) is 4.28. The van der Waals surface area contributed by atoms with Crippen molar-refractivity contribution in [2.75, 3.05) is 0 Å². The highest BCUT2D eigenvalue weighted by atomic mass is 16.1. The van der Waals surface area contributed by atoms with E-state index in [-0.39, 0.29) is 0 Å². The zero-order valence-corrected chi connectivity index (χ0v) is 7.90. The number of rotatable bonds is 2. The number of hydrogen-bond acceptors (Lipinski definition) is 2. The standard InChI is InChI=1S/C11H13NO/c1-9(2)10-5-3-4-6-11(7-10)12-8-13/h3-7,9-10H,1-2H3. The molecule has 2 heteroatoms. The van der Waals surface area contributed by atoms with Crippen LogP contribution in [-0.4, -0.2) is 6.08 Å². The molecule has 0 aromatic heterocycles. The Hall–Kier alpha value is -1.40. The van der Waals surface area contributed by atoms with Gasteiger partial charge in [-0.1, -0.05) is 38.2 Å². The quantitative estimate of drug-likeness (QED) is 0.468. The van der Waals surface area contributed by atoms with Crippen molar-refractivity contribution >= 4 is 6.08 Å². The van der Waals surface area contributed by atoms with Crippen molar-refractivity contribution in [1.29, 1.82) is 0 Å². The van der Waals surface area contributed by atoms with Gasteiger partial charge in [0, 0.05) is 0 Å². The Kier molecular flexibility index (Phi) is 3.41. The Morgan fingerprint density at radius 1 is 1.46 bits per heavy atom. The van der Waals surface area contributed by atoms with E-state index in [9.17, 15) is 4.79 Å². The molecule has 0 saturated carbocycles. The summed E-state index contributed by atoms with van der Waals surface area (Å²) in [6, 6.07) is 0. The van der Waals surface area contributed by atoms with Crippen LogP contribution < -0.4 is 0 Å². The Morgan fingerprint density at radius 3 is 2.85 bits per heavy atom. The van der Waals surface area contributed by atoms with Gasteiger partial charge in [-0.25, -0.2) is 4.79 Å². The van der Waals surface area contributed by atoms with Gasteiger partial charge in [0.2, 0.25) is 6.08 Å². The summed E-state index contributed by atoms with van der Waals surface area (Å²) in [5, 5.41) is 0. The molecule has 1 aliphatic rings. The molecule has 0 radical (unpaired) electrons. The highest BCUT2D eigenvalue weighted by molar-refractivity contribution is 5.41. The van der Waals surface area contributed by atoms with Gasteiger partial charge in [-0.15, -0.1) is 0 Å². The molecule has 0 aromatic carbocycles. The molecule has 13 heavy (non-hydrogen) atoms. The molecule has 0 heterocycles. The maximum Gasteiger partial charge on any atom is 0.240 e. The number of isocyanates is 1. The number of carbonyl (C=O) groups excluding carboxylic acids is 1. The zero-order chi connectivity index (χ0) is 9.68. The third-order valence-corrected chi connectivity index (χ3v) is 2.02. The van der Waals surface area contributed by atoms with Gasteiger partial charge in [0.25, 0.3) is 0 Å². The van der Waals surface area contributed by atoms with Gasteiger partial charge in [-0.3, -0.25) is 0 Å². The van der Waals surface area contributed by atoms with Crippen LogP contribution in [0.4, 0.5) is 0 Å². The van der Waals surface area contributed by atoms with E-state index in [1.54, 1.807) is 6.08 Å². The molecule has 0 bridgehead atoms. The second-order valence-corrected chi connectivity index (χ2v) is 3.36. The van der Waals surface area contributed by atoms with Crippen LogP contribution in [0.2, 0.25) is 0 Å². The van der Waals surface area contributed by atoms with Gasteiger partial charge in [0.15, 0.2) is 0 Å². The first-order valence-electron chi connectivity index (χ1n) is 4.38. The van der Waals surface area contributed by atoms with E-state index in [2.05, 4.69) is 24.9 Å². The highest BCUT2D eigenvalue weighted by Gasteiger charge is 2.08. The van der Waals surface area contributed by atoms with Crippen LogP contribution in [0.15, 0.2) is 41.1 Å². The van der Waals surface area contributed by atoms with Crippen molar-refractivity contribution in [2.24, 2.45) is 16.8 Å². The van der Waals surface area contributed by atoms with Gasteiger partial charge in [0.05, 0.1) is 5.70 Å². The van der Waals surface area contributed by atoms with Crippen molar-refractivity contribution in [3.63, 3.8) is 0 Å².